The Morgan fingerprint density at radius 2 is 1.84 bits per heavy atom. The van der Waals surface area contributed by atoms with Gasteiger partial charge in [-0.15, -0.1) is 0 Å². The van der Waals surface area contributed by atoms with Crippen LogP contribution in [0.5, 0.6) is 0 Å². The Morgan fingerprint density at radius 1 is 1.19 bits per heavy atom. The lowest BCUT2D eigenvalue weighted by atomic mass is 9.94. The monoisotopic (exact) mass is 469 g/mol. The molecule has 3 saturated carbocycles. The average molecular weight is 470 g/mol. The Morgan fingerprint density at radius 3 is 2.47 bits per heavy atom. The number of aliphatic hydroxyl groups is 1. The molecule has 0 heterocycles. The number of allylic oxidation sites excluding steroid dienone is 2. The Kier molecular flexibility index (Phi) is 7.34. The number of nitrogens with one attached hydrogen (secondary N) is 1. The molecule has 0 spiro atoms. The second-order valence-electron chi connectivity index (χ2n) is 9.83. The SMILES string of the molecule is CN(CCCC/C=C\[C@@H]1C[C@]1(C)C(=O)NS(=O)(=O)C1CC1)C(=O)[C@@H]1C[C@H](O)C[C@H]1C(N)=O. The van der Waals surface area contributed by atoms with Gasteiger partial charge in [0.1, 0.15) is 0 Å². The lowest BCUT2D eigenvalue weighted by Crippen LogP contribution is -2.39. The van der Waals surface area contributed by atoms with Gasteiger partial charge < -0.3 is 15.7 Å². The number of amides is 3. The molecule has 0 radical (unpaired) electrons. The lowest BCUT2D eigenvalue weighted by Gasteiger charge is -2.23. The summed E-state index contributed by atoms with van der Waals surface area (Å²) in [4.78, 5) is 38.1. The van der Waals surface area contributed by atoms with E-state index in [2.05, 4.69) is 4.72 Å². The van der Waals surface area contributed by atoms with Gasteiger partial charge in [-0.05, 0) is 57.3 Å². The molecule has 4 N–H and O–H groups in total. The molecule has 10 heteroatoms. The first kappa shape index (κ1) is 24.7. The Bertz CT molecular complexity index is 884. The highest BCUT2D eigenvalue weighted by atomic mass is 32.2. The summed E-state index contributed by atoms with van der Waals surface area (Å²) in [5, 5.41) is 9.38. The summed E-state index contributed by atoms with van der Waals surface area (Å²) in [7, 11) is -1.81. The maximum Gasteiger partial charge on any atom is 0.239 e. The normalized spacial score (nSPS) is 32.1. The van der Waals surface area contributed by atoms with Gasteiger partial charge in [0.05, 0.1) is 28.6 Å². The first-order chi connectivity index (χ1) is 15.0. The summed E-state index contributed by atoms with van der Waals surface area (Å²) in [6.07, 6.45) is 8.16. The maximum absolute atomic E-state index is 12.6. The third kappa shape index (κ3) is 5.70. The van der Waals surface area contributed by atoms with Gasteiger partial charge in [0.2, 0.25) is 27.7 Å². The van der Waals surface area contributed by atoms with Crippen molar-refractivity contribution in [3.05, 3.63) is 12.2 Å². The van der Waals surface area contributed by atoms with Gasteiger partial charge in [0.15, 0.2) is 0 Å². The summed E-state index contributed by atoms with van der Waals surface area (Å²) < 4.78 is 26.2. The van der Waals surface area contributed by atoms with Gasteiger partial charge >= 0.3 is 0 Å². The highest BCUT2D eigenvalue weighted by Gasteiger charge is 2.56. The van der Waals surface area contributed by atoms with Crippen molar-refractivity contribution in [1.29, 1.82) is 0 Å². The van der Waals surface area contributed by atoms with E-state index in [1.165, 1.54) is 0 Å². The van der Waals surface area contributed by atoms with Crippen LogP contribution in [0.15, 0.2) is 12.2 Å². The third-order valence-corrected chi connectivity index (χ3v) is 8.92. The van der Waals surface area contributed by atoms with Crippen LogP contribution in [0.2, 0.25) is 0 Å². The van der Waals surface area contributed by atoms with Crippen LogP contribution in [-0.2, 0) is 24.4 Å². The second kappa shape index (κ2) is 9.51. The van der Waals surface area contributed by atoms with E-state index in [9.17, 15) is 27.9 Å². The molecule has 0 bridgehead atoms. The van der Waals surface area contributed by atoms with Gasteiger partial charge in [-0.1, -0.05) is 19.1 Å². The number of primary amides is 1. The Hall–Kier alpha value is -1.94. The van der Waals surface area contributed by atoms with E-state index in [0.717, 1.165) is 19.3 Å². The fourth-order valence-corrected chi connectivity index (χ4v) is 5.93. The van der Waals surface area contributed by atoms with Gasteiger partial charge in [0.25, 0.3) is 0 Å². The first-order valence-corrected chi connectivity index (χ1v) is 13.0. The van der Waals surface area contributed by atoms with E-state index in [1.807, 2.05) is 12.2 Å². The molecule has 32 heavy (non-hydrogen) atoms. The van der Waals surface area contributed by atoms with Crippen LogP contribution >= 0.6 is 0 Å². The number of nitrogens with zero attached hydrogens (tertiary/aromatic N) is 1. The van der Waals surface area contributed by atoms with Crippen LogP contribution in [0.4, 0.5) is 0 Å². The highest BCUT2D eigenvalue weighted by Crippen LogP contribution is 2.53. The molecular formula is C22H35N3O6S. The predicted molar refractivity (Wildman–Crippen MR) is 118 cm³/mol. The van der Waals surface area contributed by atoms with Crippen LogP contribution in [0.1, 0.15) is 58.3 Å². The van der Waals surface area contributed by atoms with Crippen LogP contribution in [-0.4, -0.2) is 61.1 Å². The number of hydrogen-bond acceptors (Lipinski definition) is 6. The molecule has 5 atom stereocenters. The molecule has 3 rings (SSSR count). The summed E-state index contributed by atoms with van der Waals surface area (Å²) in [6, 6.07) is 0. The lowest BCUT2D eigenvalue weighted by molar-refractivity contribution is -0.139. The molecular weight excluding hydrogens is 434 g/mol. The van der Waals surface area contributed by atoms with Crippen molar-refractivity contribution in [2.45, 2.75) is 69.6 Å². The minimum Gasteiger partial charge on any atom is -0.393 e. The van der Waals surface area contributed by atoms with Crippen molar-refractivity contribution in [2.75, 3.05) is 13.6 Å². The van der Waals surface area contributed by atoms with E-state index in [-0.39, 0.29) is 24.7 Å². The average Bonchev–Trinajstić information content (AvgIpc) is 3.62. The first-order valence-electron chi connectivity index (χ1n) is 11.4. The van der Waals surface area contributed by atoms with Crippen LogP contribution < -0.4 is 10.5 Å². The summed E-state index contributed by atoms with van der Waals surface area (Å²) in [5.74, 6) is -2.21. The molecule has 0 aromatic carbocycles. The molecule has 0 aromatic rings. The molecule has 0 saturated heterocycles. The van der Waals surface area contributed by atoms with E-state index >= 15 is 0 Å². The smallest absolute Gasteiger partial charge is 0.239 e. The molecule has 3 fully saturated rings. The van der Waals surface area contributed by atoms with E-state index < -0.39 is 50.4 Å². The largest absolute Gasteiger partial charge is 0.393 e. The third-order valence-electron chi connectivity index (χ3n) is 7.10. The molecule has 9 nitrogen and oxygen atoms in total. The number of aliphatic hydroxyl groups excluding tert-OH is 1. The zero-order valence-electron chi connectivity index (χ0n) is 18.8. The van der Waals surface area contributed by atoms with Gasteiger partial charge in [0, 0.05) is 13.6 Å². The number of hydrogen-bond donors (Lipinski definition) is 3. The van der Waals surface area contributed by atoms with Crippen LogP contribution in [0.25, 0.3) is 0 Å². The number of unbranched alkanes of at least 4 members (excludes halogenated alkanes) is 2. The van der Waals surface area contributed by atoms with E-state index in [1.54, 1.807) is 18.9 Å². The molecule has 0 aliphatic heterocycles. The number of nitrogens with two attached hydrogens (primary N) is 1. The topological polar surface area (TPSA) is 147 Å². The van der Waals surface area contributed by atoms with Crippen molar-refractivity contribution in [2.24, 2.45) is 28.9 Å². The number of rotatable bonds is 11. The molecule has 0 aromatic heterocycles. The minimum absolute atomic E-state index is 0.0423. The zero-order chi connectivity index (χ0) is 23.7. The maximum atomic E-state index is 12.6. The van der Waals surface area contributed by atoms with Crippen molar-refractivity contribution < 1.29 is 27.9 Å². The van der Waals surface area contributed by atoms with Crippen LogP contribution in [0, 0.1) is 23.2 Å². The van der Waals surface area contributed by atoms with E-state index in [0.29, 0.717) is 25.8 Å². The van der Waals surface area contributed by atoms with E-state index in [4.69, 9.17) is 5.73 Å². The highest BCUT2D eigenvalue weighted by molar-refractivity contribution is 7.90. The van der Waals surface area contributed by atoms with Gasteiger partial charge in [-0.3, -0.25) is 19.1 Å². The molecule has 0 unspecified atom stereocenters. The van der Waals surface area contributed by atoms with Crippen molar-refractivity contribution in [1.82, 2.24) is 9.62 Å². The fourth-order valence-electron chi connectivity index (χ4n) is 4.51. The molecule has 3 aliphatic carbocycles. The predicted octanol–water partition coefficient (Wildman–Crippen LogP) is 0.678. The standard InChI is InChI=1S/C22H35N3O6S/c1-22(21(29)24-32(30,31)16-8-9-16)13-14(22)7-5-3-4-6-10-25(2)20(28)18-12-15(26)11-17(18)19(23)27/h5,7,14-18,26H,3-4,6,8-13H2,1-2H3,(H2,23,27)(H,24,29)/b7-5-/t14-,15-,17-,18-,22+/m1/s1. The molecule has 3 amide bonds. The van der Waals surface area contributed by atoms with Crippen molar-refractivity contribution >= 4 is 27.7 Å². The number of sulfonamides is 1. The summed E-state index contributed by atoms with van der Waals surface area (Å²) in [6.45, 7) is 2.34. The summed E-state index contributed by atoms with van der Waals surface area (Å²) in [5.41, 5.74) is 4.71. The molecule has 180 valence electrons. The Labute approximate surface area is 189 Å². The Balaban J connectivity index is 1.34. The number of carbonyl (C=O) groups is 3. The quantitative estimate of drug-likeness (QED) is 0.299. The summed E-state index contributed by atoms with van der Waals surface area (Å²) >= 11 is 0. The molecule has 3 aliphatic rings. The fraction of sp³-hybridized carbons (Fsp3) is 0.773. The minimum atomic E-state index is -3.51. The number of carbonyl (C=O) groups excluding carboxylic acids is 3. The van der Waals surface area contributed by atoms with Crippen LogP contribution in [0.3, 0.4) is 0 Å². The van der Waals surface area contributed by atoms with Crippen molar-refractivity contribution in [3.8, 4) is 0 Å². The second-order valence-corrected chi connectivity index (χ2v) is 11.8. The van der Waals surface area contributed by atoms with Gasteiger partial charge in [-0.2, -0.15) is 0 Å². The zero-order valence-corrected chi connectivity index (χ0v) is 19.6. The van der Waals surface area contributed by atoms with Gasteiger partial charge in [-0.25, -0.2) is 8.42 Å². The van der Waals surface area contributed by atoms with Crippen molar-refractivity contribution in [3.63, 3.8) is 0 Å².